The molecule has 0 aromatic carbocycles. The van der Waals surface area contributed by atoms with Gasteiger partial charge in [0.1, 0.15) is 29.7 Å². The van der Waals surface area contributed by atoms with Crippen molar-refractivity contribution in [2.45, 2.75) is 30.5 Å². The highest BCUT2D eigenvalue weighted by Crippen LogP contribution is 2.53. The summed E-state index contributed by atoms with van der Waals surface area (Å²) < 4.78 is 7.61. The molecular weight excluding hydrogens is 284 g/mol. The Balaban J connectivity index is 1.68. The molecule has 2 aromatic heterocycles. The molecule has 0 amide bonds. The van der Waals surface area contributed by atoms with Gasteiger partial charge in [-0.25, -0.2) is 9.98 Å². The zero-order valence-electron chi connectivity index (χ0n) is 12.4. The van der Waals surface area contributed by atoms with E-state index in [0.717, 1.165) is 16.7 Å². The standard InChI is InChI=1S/C15H18N4O3/c1-18(2)8-17-10-3-5-16-14-9(10)4-6-19(14)11-7-15(21)12(20)13(15)22-11/h3-6,8,11-13,20-21H,7H2,1-2H3/b17-8-/t11-,12?,13-,15-/m1/s1. The third-order valence-corrected chi connectivity index (χ3v) is 4.32. The van der Waals surface area contributed by atoms with Crippen LogP contribution in [0.4, 0.5) is 5.69 Å². The van der Waals surface area contributed by atoms with Crippen LogP contribution >= 0.6 is 0 Å². The number of pyridine rings is 1. The summed E-state index contributed by atoms with van der Waals surface area (Å²) in [5.41, 5.74) is 0.499. The molecule has 0 bridgehead atoms. The van der Waals surface area contributed by atoms with Gasteiger partial charge in [-0.3, -0.25) is 0 Å². The maximum absolute atomic E-state index is 10.1. The molecule has 1 saturated carbocycles. The summed E-state index contributed by atoms with van der Waals surface area (Å²) in [6, 6.07) is 3.80. The predicted octanol–water partition coefficient (Wildman–Crippen LogP) is 0.651. The smallest absolute Gasteiger partial charge is 0.144 e. The van der Waals surface area contributed by atoms with Crippen LogP contribution < -0.4 is 0 Å². The summed E-state index contributed by atoms with van der Waals surface area (Å²) in [6.07, 6.45) is 4.15. The van der Waals surface area contributed by atoms with Gasteiger partial charge in [-0.1, -0.05) is 0 Å². The van der Waals surface area contributed by atoms with E-state index in [4.69, 9.17) is 4.74 Å². The molecule has 1 aliphatic heterocycles. The fourth-order valence-corrected chi connectivity index (χ4v) is 3.03. The van der Waals surface area contributed by atoms with Gasteiger partial charge >= 0.3 is 0 Å². The number of aliphatic imine (C=N–C) groups is 1. The van der Waals surface area contributed by atoms with Gasteiger partial charge in [-0.15, -0.1) is 0 Å². The number of aliphatic hydroxyl groups excluding tert-OH is 1. The van der Waals surface area contributed by atoms with E-state index in [1.807, 2.05) is 41.9 Å². The Morgan fingerprint density at radius 2 is 2.32 bits per heavy atom. The van der Waals surface area contributed by atoms with Crippen LogP contribution in [0.25, 0.3) is 11.0 Å². The highest BCUT2D eigenvalue weighted by molar-refractivity contribution is 5.89. The van der Waals surface area contributed by atoms with Crippen molar-refractivity contribution in [1.29, 1.82) is 0 Å². The van der Waals surface area contributed by atoms with Crippen LogP contribution in [-0.4, -0.2) is 62.9 Å². The maximum Gasteiger partial charge on any atom is 0.144 e. The predicted molar refractivity (Wildman–Crippen MR) is 81.1 cm³/mol. The van der Waals surface area contributed by atoms with E-state index in [2.05, 4.69) is 9.98 Å². The number of ether oxygens (including phenoxy) is 1. The normalized spacial score (nSPS) is 33.5. The molecule has 2 aliphatic rings. The SMILES string of the molecule is CN(C)/C=N\c1ccnc2c1ccn2[C@H]1C[C@@]2(O)C(O)[C@H]2O1. The van der Waals surface area contributed by atoms with Crippen molar-refractivity contribution in [3.05, 3.63) is 24.5 Å². The first kappa shape index (κ1) is 13.7. The second kappa shape index (κ2) is 4.52. The third kappa shape index (κ3) is 1.86. The minimum absolute atomic E-state index is 0.309. The highest BCUT2D eigenvalue weighted by Gasteiger charge is 2.71. The minimum Gasteiger partial charge on any atom is -0.387 e. The lowest BCUT2D eigenvalue weighted by Gasteiger charge is -2.17. The van der Waals surface area contributed by atoms with Crippen molar-refractivity contribution >= 4 is 23.1 Å². The van der Waals surface area contributed by atoms with Crippen LogP contribution in [0.3, 0.4) is 0 Å². The molecule has 2 fully saturated rings. The molecule has 7 heteroatoms. The molecule has 1 saturated heterocycles. The Labute approximate surface area is 127 Å². The topological polar surface area (TPSA) is 83.1 Å². The lowest BCUT2D eigenvalue weighted by molar-refractivity contribution is -0.0114. The minimum atomic E-state index is -1.10. The monoisotopic (exact) mass is 302 g/mol. The van der Waals surface area contributed by atoms with E-state index >= 15 is 0 Å². The molecule has 0 radical (unpaired) electrons. The lowest BCUT2D eigenvalue weighted by atomic mass is 10.2. The zero-order chi connectivity index (χ0) is 15.5. The molecule has 1 unspecified atom stereocenters. The number of fused-ring (bicyclic) bond motifs is 2. The number of aliphatic hydroxyl groups is 2. The van der Waals surface area contributed by atoms with Gasteiger partial charge in [0.15, 0.2) is 0 Å². The Kier molecular flexibility index (Phi) is 2.81. The first-order chi connectivity index (χ1) is 10.5. The van der Waals surface area contributed by atoms with E-state index in [1.165, 1.54) is 0 Å². The molecule has 4 rings (SSSR count). The Morgan fingerprint density at radius 1 is 1.50 bits per heavy atom. The van der Waals surface area contributed by atoms with Crippen LogP contribution in [0.2, 0.25) is 0 Å². The molecule has 7 nitrogen and oxygen atoms in total. The van der Waals surface area contributed by atoms with Crippen LogP contribution in [0, 0.1) is 0 Å². The summed E-state index contributed by atoms with van der Waals surface area (Å²) in [5, 5.41) is 20.6. The largest absolute Gasteiger partial charge is 0.387 e. The Bertz CT molecular complexity index is 756. The first-order valence-corrected chi connectivity index (χ1v) is 7.23. The van der Waals surface area contributed by atoms with E-state index in [1.54, 1.807) is 12.5 Å². The van der Waals surface area contributed by atoms with Crippen LogP contribution in [-0.2, 0) is 4.74 Å². The lowest BCUT2D eigenvalue weighted by Crippen LogP contribution is -2.19. The zero-order valence-corrected chi connectivity index (χ0v) is 12.4. The molecule has 3 heterocycles. The molecule has 2 N–H and O–H groups in total. The molecule has 1 aliphatic carbocycles. The number of hydrogen-bond donors (Lipinski definition) is 2. The third-order valence-electron chi connectivity index (χ3n) is 4.32. The van der Waals surface area contributed by atoms with Gasteiger partial charge in [0.25, 0.3) is 0 Å². The van der Waals surface area contributed by atoms with Gasteiger partial charge in [-0.05, 0) is 12.1 Å². The van der Waals surface area contributed by atoms with Crippen LogP contribution in [0.5, 0.6) is 0 Å². The maximum atomic E-state index is 10.1. The van der Waals surface area contributed by atoms with Gasteiger partial charge in [-0.2, -0.15) is 0 Å². The van der Waals surface area contributed by atoms with Crippen molar-refractivity contribution in [3.8, 4) is 0 Å². The van der Waals surface area contributed by atoms with Gasteiger partial charge in [0.05, 0.1) is 12.0 Å². The molecular formula is C15H18N4O3. The molecule has 116 valence electrons. The van der Waals surface area contributed by atoms with Crippen molar-refractivity contribution in [2.24, 2.45) is 4.99 Å². The number of rotatable bonds is 3. The fraction of sp³-hybridized carbons (Fsp3) is 0.467. The fourth-order valence-electron chi connectivity index (χ4n) is 3.03. The highest BCUT2D eigenvalue weighted by atomic mass is 16.6. The van der Waals surface area contributed by atoms with Crippen molar-refractivity contribution in [3.63, 3.8) is 0 Å². The summed E-state index contributed by atoms with van der Waals surface area (Å²) in [5.74, 6) is 0. The van der Waals surface area contributed by atoms with Crippen LogP contribution in [0.15, 0.2) is 29.5 Å². The van der Waals surface area contributed by atoms with E-state index in [-0.39, 0.29) is 6.23 Å². The second-order valence-corrected chi connectivity index (χ2v) is 6.15. The van der Waals surface area contributed by atoms with E-state index in [0.29, 0.717) is 6.42 Å². The van der Waals surface area contributed by atoms with Gasteiger partial charge in [0.2, 0.25) is 0 Å². The Hall–Kier alpha value is -1.96. The summed E-state index contributed by atoms with van der Waals surface area (Å²) >= 11 is 0. The van der Waals surface area contributed by atoms with Gasteiger partial charge < -0.3 is 24.4 Å². The molecule has 22 heavy (non-hydrogen) atoms. The van der Waals surface area contributed by atoms with E-state index < -0.39 is 17.8 Å². The van der Waals surface area contributed by atoms with Gasteiger partial charge in [0, 0.05) is 38.3 Å². The average molecular weight is 302 g/mol. The Morgan fingerprint density at radius 3 is 3.00 bits per heavy atom. The summed E-state index contributed by atoms with van der Waals surface area (Å²) in [4.78, 5) is 10.7. The number of aromatic nitrogens is 2. The summed E-state index contributed by atoms with van der Waals surface area (Å²) in [6.45, 7) is 0. The summed E-state index contributed by atoms with van der Waals surface area (Å²) in [7, 11) is 3.83. The second-order valence-electron chi connectivity index (χ2n) is 6.15. The van der Waals surface area contributed by atoms with Crippen molar-refractivity contribution < 1.29 is 14.9 Å². The molecule has 0 spiro atoms. The van der Waals surface area contributed by atoms with Crippen molar-refractivity contribution in [2.75, 3.05) is 14.1 Å². The number of hydrogen-bond acceptors (Lipinski definition) is 5. The van der Waals surface area contributed by atoms with Crippen molar-refractivity contribution in [1.82, 2.24) is 14.5 Å². The quantitative estimate of drug-likeness (QED) is 0.642. The first-order valence-electron chi connectivity index (χ1n) is 7.23. The molecule has 4 atom stereocenters. The van der Waals surface area contributed by atoms with E-state index in [9.17, 15) is 10.2 Å². The molecule has 2 aromatic rings. The average Bonchev–Trinajstić information content (AvgIpc) is 2.90. The number of nitrogens with zero attached hydrogens (tertiary/aromatic N) is 4. The van der Waals surface area contributed by atoms with Crippen LogP contribution in [0.1, 0.15) is 12.6 Å².